The van der Waals surface area contributed by atoms with E-state index in [-0.39, 0.29) is 16.7 Å². The van der Waals surface area contributed by atoms with E-state index in [2.05, 4.69) is 60.5 Å². The first-order chi connectivity index (χ1) is 9.67. The van der Waals surface area contributed by atoms with E-state index in [1.165, 1.54) is 17.6 Å². The molecule has 1 spiro atoms. The van der Waals surface area contributed by atoms with Gasteiger partial charge in [0.15, 0.2) is 0 Å². The van der Waals surface area contributed by atoms with Crippen LogP contribution in [-0.4, -0.2) is 16.2 Å². The normalized spacial score (nSPS) is 44.8. The van der Waals surface area contributed by atoms with Gasteiger partial charge in [-0.15, -0.1) is 0 Å². The highest BCUT2D eigenvalue weighted by atomic mass is 16.7. The third kappa shape index (κ3) is 1.10. The van der Waals surface area contributed by atoms with Crippen molar-refractivity contribution in [3.05, 3.63) is 59.7 Å². The maximum Gasteiger partial charge on any atom is 0.0936 e. The van der Waals surface area contributed by atoms with Crippen LogP contribution < -0.4 is 0 Å². The molecule has 3 heterocycles. The van der Waals surface area contributed by atoms with Crippen molar-refractivity contribution in [1.29, 1.82) is 0 Å². The highest BCUT2D eigenvalue weighted by molar-refractivity contribution is 5.51. The van der Waals surface area contributed by atoms with Gasteiger partial charge in [0, 0.05) is 12.8 Å². The van der Waals surface area contributed by atoms with Crippen molar-refractivity contribution < 1.29 is 4.84 Å². The predicted molar refractivity (Wildman–Crippen MR) is 77.9 cm³/mol. The molecule has 0 radical (unpaired) electrons. The molecule has 2 fully saturated rings. The Morgan fingerprint density at radius 3 is 2.80 bits per heavy atom. The fourth-order valence-electron chi connectivity index (χ4n) is 5.05. The number of rotatable bonds is 1. The van der Waals surface area contributed by atoms with E-state index in [1.807, 2.05) is 0 Å². The van der Waals surface area contributed by atoms with Crippen LogP contribution in [0.3, 0.4) is 0 Å². The molecular weight excluding hydrogens is 246 g/mol. The van der Waals surface area contributed by atoms with Crippen molar-refractivity contribution >= 4 is 0 Å². The molecule has 2 bridgehead atoms. The maximum absolute atomic E-state index is 6.41. The first-order valence-electron chi connectivity index (χ1n) is 7.62. The second-order valence-electron chi connectivity index (χ2n) is 7.05. The third-order valence-corrected chi connectivity index (χ3v) is 5.60. The van der Waals surface area contributed by atoms with Crippen LogP contribution in [0.1, 0.15) is 38.2 Å². The molecule has 1 aromatic carbocycles. The summed E-state index contributed by atoms with van der Waals surface area (Å²) in [6.45, 7) is 2.29. The lowest BCUT2D eigenvalue weighted by atomic mass is 9.71. The van der Waals surface area contributed by atoms with Gasteiger partial charge >= 0.3 is 0 Å². The zero-order chi connectivity index (χ0) is 13.4. The predicted octanol–water partition coefficient (Wildman–Crippen LogP) is 3.71. The van der Waals surface area contributed by atoms with Gasteiger partial charge in [0.1, 0.15) is 0 Å². The number of fused-ring (bicyclic) bond motifs is 1. The maximum atomic E-state index is 6.41. The Labute approximate surface area is 119 Å². The lowest BCUT2D eigenvalue weighted by Gasteiger charge is -2.43. The minimum absolute atomic E-state index is 0.000723. The van der Waals surface area contributed by atoms with E-state index < -0.39 is 0 Å². The largest absolute Gasteiger partial charge is 0.290 e. The second-order valence-corrected chi connectivity index (χ2v) is 7.05. The minimum Gasteiger partial charge on any atom is -0.290 e. The molecule has 2 heteroatoms. The fourth-order valence-corrected chi connectivity index (χ4v) is 5.05. The molecular formula is C18H19NO. The number of benzene rings is 1. The van der Waals surface area contributed by atoms with Gasteiger partial charge < -0.3 is 0 Å². The molecule has 1 aliphatic carbocycles. The highest BCUT2D eigenvalue weighted by Crippen LogP contribution is 2.67. The zero-order valence-corrected chi connectivity index (χ0v) is 11.8. The van der Waals surface area contributed by atoms with Crippen molar-refractivity contribution in [2.24, 2.45) is 0 Å². The van der Waals surface area contributed by atoms with Crippen molar-refractivity contribution in [3.8, 4) is 0 Å². The molecule has 1 aromatic rings. The van der Waals surface area contributed by atoms with Crippen LogP contribution in [0, 0.1) is 0 Å². The number of allylic oxidation sites excluding steroid dienone is 1. The number of hydrogen-bond acceptors (Lipinski definition) is 2. The molecule has 0 N–H and O–H groups in total. The van der Waals surface area contributed by atoms with E-state index in [0.717, 1.165) is 19.3 Å². The Bertz CT molecular complexity index is 649. The average molecular weight is 265 g/mol. The molecule has 3 atom stereocenters. The second kappa shape index (κ2) is 3.26. The summed E-state index contributed by atoms with van der Waals surface area (Å²) in [4.78, 5) is 6.41. The number of hydrogen-bond donors (Lipinski definition) is 0. The summed E-state index contributed by atoms with van der Waals surface area (Å²) in [5, 5.41) is 2.36. The van der Waals surface area contributed by atoms with Crippen LogP contribution in [0.15, 0.2) is 54.1 Å². The monoisotopic (exact) mass is 265 g/mol. The van der Waals surface area contributed by atoms with Gasteiger partial charge in [0.25, 0.3) is 0 Å². The van der Waals surface area contributed by atoms with Crippen molar-refractivity contribution in [2.45, 2.75) is 49.3 Å². The molecule has 0 saturated carbocycles. The Morgan fingerprint density at radius 1 is 1.15 bits per heavy atom. The molecule has 0 aromatic heterocycles. The summed E-state index contributed by atoms with van der Waals surface area (Å²) in [5.41, 5.74) is 2.95. The Balaban J connectivity index is 1.76. The lowest BCUT2D eigenvalue weighted by molar-refractivity contribution is -0.189. The van der Waals surface area contributed by atoms with Gasteiger partial charge in [-0.3, -0.25) is 4.84 Å². The van der Waals surface area contributed by atoms with Gasteiger partial charge in [-0.05, 0) is 30.9 Å². The SMILES string of the molecule is CC12CC3(c4ccccc4)C=C4C=CCC[C@@]4(C1)N3O2. The highest BCUT2D eigenvalue weighted by Gasteiger charge is 2.71. The van der Waals surface area contributed by atoms with Crippen LogP contribution in [0.2, 0.25) is 0 Å². The topological polar surface area (TPSA) is 12.5 Å². The lowest BCUT2D eigenvalue weighted by Crippen LogP contribution is -2.51. The molecule has 20 heavy (non-hydrogen) atoms. The average Bonchev–Trinajstić information content (AvgIpc) is 2.96. The minimum atomic E-state index is -0.0434. The molecule has 102 valence electrons. The van der Waals surface area contributed by atoms with Crippen molar-refractivity contribution in [2.75, 3.05) is 0 Å². The van der Waals surface area contributed by atoms with Crippen molar-refractivity contribution in [1.82, 2.24) is 5.06 Å². The van der Waals surface area contributed by atoms with Crippen LogP contribution in [0.5, 0.6) is 0 Å². The molecule has 3 aliphatic heterocycles. The standard InChI is InChI=1S/C18H19NO/c1-16-12-17-10-6-5-9-15(17)11-18(13-16,19(17)20-16)14-7-3-2-4-8-14/h2-5,7-9,11H,6,10,12-13H2,1H3/t16?,17-,18?/m0/s1. The van der Waals surface area contributed by atoms with E-state index in [1.54, 1.807) is 0 Å². The number of nitrogens with zero attached hydrogens (tertiary/aromatic N) is 1. The third-order valence-electron chi connectivity index (χ3n) is 5.60. The van der Waals surface area contributed by atoms with E-state index in [0.29, 0.717) is 0 Å². The molecule has 0 amide bonds. The zero-order valence-electron chi connectivity index (χ0n) is 11.8. The Morgan fingerprint density at radius 2 is 2.00 bits per heavy atom. The summed E-state index contributed by atoms with van der Waals surface area (Å²) >= 11 is 0. The Kier molecular flexibility index (Phi) is 1.84. The quantitative estimate of drug-likeness (QED) is 0.767. The summed E-state index contributed by atoms with van der Waals surface area (Å²) < 4.78 is 0. The first-order valence-corrected chi connectivity index (χ1v) is 7.62. The summed E-state index contributed by atoms with van der Waals surface area (Å²) in [7, 11) is 0. The van der Waals surface area contributed by atoms with Crippen LogP contribution in [-0.2, 0) is 10.4 Å². The van der Waals surface area contributed by atoms with Crippen molar-refractivity contribution in [3.63, 3.8) is 0 Å². The number of hydroxylamine groups is 2. The molecule has 2 nitrogen and oxygen atoms in total. The fraction of sp³-hybridized carbons (Fsp3) is 0.444. The molecule has 4 aliphatic rings. The molecule has 2 unspecified atom stereocenters. The van der Waals surface area contributed by atoms with Gasteiger partial charge in [-0.2, -0.15) is 5.06 Å². The van der Waals surface area contributed by atoms with Crippen LogP contribution in [0.4, 0.5) is 0 Å². The van der Waals surface area contributed by atoms with E-state index >= 15 is 0 Å². The van der Waals surface area contributed by atoms with Gasteiger partial charge in [-0.25, -0.2) is 0 Å². The number of piperidine rings is 1. The van der Waals surface area contributed by atoms with Crippen LogP contribution in [0.25, 0.3) is 0 Å². The molecule has 2 saturated heterocycles. The summed E-state index contributed by atoms with van der Waals surface area (Å²) in [6.07, 6.45) is 11.7. The first kappa shape index (κ1) is 11.3. The Hall–Kier alpha value is -1.38. The van der Waals surface area contributed by atoms with Gasteiger partial charge in [0.2, 0.25) is 0 Å². The summed E-state index contributed by atoms with van der Waals surface area (Å²) in [6, 6.07) is 10.9. The molecule has 5 rings (SSSR count). The smallest absolute Gasteiger partial charge is 0.0936 e. The van der Waals surface area contributed by atoms with Gasteiger partial charge in [-0.1, -0.05) is 48.6 Å². The van der Waals surface area contributed by atoms with Crippen LogP contribution >= 0.6 is 0 Å². The summed E-state index contributed by atoms with van der Waals surface area (Å²) in [5.74, 6) is 0. The van der Waals surface area contributed by atoms with E-state index in [4.69, 9.17) is 4.84 Å². The van der Waals surface area contributed by atoms with Gasteiger partial charge in [0.05, 0.1) is 16.7 Å². The van der Waals surface area contributed by atoms with E-state index in [9.17, 15) is 0 Å².